The lowest BCUT2D eigenvalue weighted by Gasteiger charge is -1.93. The first-order valence-electron chi connectivity index (χ1n) is 7.81. The Balaban J connectivity index is -0.000000138. The number of rotatable bonds is 10. The predicted octanol–water partition coefficient (Wildman–Crippen LogP) is 3.61. The van der Waals surface area contributed by atoms with Crippen LogP contribution in [-0.2, 0) is 19.2 Å². The fourth-order valence-electron chi connectivity index (χ4n) is 1.33. The third-order valence-corrected chi connectivity index (χ3v) is 2.38. The van der Waals surface area contributed by atoms with Crippen molar-refractivity contribution in [2.45, 2.75) is 65.2 Å². The Hall–Kier alpha value is -2.48. The summed E-state index contributed by atoms with van der Waals surface area (Å²) in [7, 11) is 0. The number of hydrogen-bond acceptors (Lipinski definition) is 8. The fraction of sp³-hybridized carbons (Fsp3) is 0.750. The lowest BCUT2D eigenvalue weighted by atomic mass is 10.2. The Kier molecular flexibility index (Phi) is 52.6. The van der Waals surface area contributed by atoms with E-state index < -0.39 is 0 Å². The Morgan fingerprint density at radius 1 is 0.625 bits per heavy atom. The van der Waals surface area contributed by atoms with Crippen molar-refractivity contribution in [1.29, 1.82) is 10.8 Å². The molecule has 0 aliphatic heterocycles. The van der Waals surface area contributed by atoms with Gasteiger partial charge in [0.1, 0.15) is 0 Å². The van der Waals surface area contributed by atoms with Crippen molar-refractivity contribution in [3.63, 3.8) is 0 Å². The molecule has 0 bridgehead atoms. The molecule has 0 unspecified atom stereocenters. The molecule has 0 aromatic heterocycles. The molecule has 0 aliphatic rings. The molecular weight excluding hydrogens is 312 g/mol. The van der Waals surface area contributed by atoms with Crippen molar-refractivity contribution in [2.24, 2.45) is 9.98 Å². The molecule has 0 amide bonds. The summed E-state index contributed by atoms with van der Waals surface area (Å²) >= 11 is 0. The summed E-state index contributed by atoms with van der Waals surface area (Å²) in [4.78, 5) is 42.8. The first kappa shape index (κ1) is 29.5. The summed E-state index contributed by atoms with van der Waals surface area (Å²) < 4.78 is 0. The van der Waals surface area contributed by atoms with Crippen molar-refractivity contribution in [3.05, 3.63) is 0 Å². The van der Waals surface area contributed by atoms with E-state index in [4.69, 9.17) is 20.4 Å². The molecule has 0 fully saturated rings. The highest BCUT2D eigenvalue weighted by molar-refractivity contribution is 5.32. The number of nitrogens with zero attached hydrogens (tertiary/aromatic N) is 2. The van der Waals surface area contributed by atoms with Crippen LogP contribution in [0.4, 0.5) is 0 Å². The summed E-state index contributed by atoms with van der Waals surface area (Å²) in [5.41, 5.74) is 0. The highest BCUT2D eigenvalue weighted by Crippen LogP contribution is 1.99. The highest BCUT2D eigenvalue weighted by atomic mass is 16.1. The quantitative estimate of drug-likeness (QED) is 0.356. The van der Waals surface area contributed by atoms with E-state index in [-0.39, 0.29) is 0 Å². The average molecular weight is 340 g/mol. The smallest absolute Gasteiger partial charge is 0.222 e. The zero-order valence-electron chi connectivity index (χ0n) is 14.6. The highest BCUT2D eigenvalue weighted by Gasteiger charge is 1.87. The Labute approximate surface area is 143 Å². The van der Waals surface area contributed by atoms with Crippen molar-refractivity contribution in [2.75, 3.05) is 13.1 Å². The first-order chi connectivity index (χ1) is 11.7. The number of unbranched alkanes of at least 4 members (excludes halogenated alkanes) is 6. The Morgan fingerprint density at radius 2 is 0.917 bits per heavy atom. The lowest BCUT2D eigenvalue weighted by Crippen LogP contribution is -1.84. The molecule has 0 aliphatic carbocycles. The number of aliphatic imine (C=N–C) groups is 2. The van der Waals surface area contributed by atoms with E-state index in [1.54, 1.807) is 0 Å². The van der Waals surface area contributed by atoms with Crippen LogP contribution in [0.5, 0.6) is 0 Å². The monoisotopic (exact) mass is 340 g/mol. The second kappa shape index (κ2) is 42.8. The minimum Gasteiger partial charge on any atom is -0.222 e. The molecule has 0 radical (unpaired) electrons. The second-order valence-corrected chi connectivity index (χ2v) is 4.27. The van der Waals surface area contributed by atoms with E-state index in [9.17, 15) is 9.59 Å². The van der Waals surface area contributed by atoms with Crippen LogP contribution in [-0.4, -0.2) is 37.4 Å². The second-order valence-electron chi connectivity index (χ2n) is 4.27. The minimum atomic E-state index is 0.556. The molecule has 8 heteroatoms. The van der Waals surface area contributed by atoms with Gasteiger partial charge in [-0.25, -0.2) is 40.0 Å². The van der Waals surface area contributed by atoms with Gasteiger partial charge in [0.2, 0.25) is 24.3 Å². The maximum absolute atomic E-state index is 9.63. The van der Waals surface area contributed by atoms with Gasteiger partial charge in [-0.2, -0.15) is 0 Å². The first-order valence-corrected chi connectivity index (χ1v) is 7.81. The van der Waals surface area contributed by atoms with Crippen LogP contribution in [0.1, 0.15) is 65.2 Å². The van der Waals surface area contributed by atoms with Gasteiger partial charge in [0.05, 0.1) is 13.1 Å². The van der Waals surface area contributed by atoms with Gasteiger partial charge in [-0.1, -0.05) is 52.4 Å². The van der Waals surface area contributed by atoms with Gasteiger partial charge in [-0.05, 0) is 12.8 Å². The summed E-state index contributed by atoms with van der Waals surface area (Å²) in [6.45, 7) is 5.58. The topological polar surface area (TPSA) is 141 Å². The molecule has 2 N–H and O–H groups in total. The number of carbonyl (C=O) groups excluding carboxylic acids is 4. The molecule has 136 valence electrons. The van der Waals surface area contributed by atoms with Crippen molar-refractivity contribution in [3.8, 4) is 0 Å². The van der Waals surface area contributed by atoms with Crippen LogP contribution >= 0.6 is 0 Å². The summed E-state index contributed by atoms with van der Waals surface area (Å²) in [6.07, 6.45) is 13.8. The molecule has 0 atom stereocenters. The van der Waals surface area contributed by atoms with Gasteiger partial charge < -0.3 is 0 Å². The van der Waals surface area contributed by atoms with Crippen molar-refractivity contribution in [1.82, 2.24) is 0 Å². The van der Waals surface area contributed by atoms with E-state index in [1.165, 1.54) is 37.8 Å². The molecule has 0 rings (SSSR count). The van der Waals surface area contributed by atoms with Crippen LogP contribution in [0, 0.1) is 10.8 Å². The largest absolute Gasteiger partial charge is 0.234 e. The Morgan fingerprint density at radius 3 is 1.12 bits per heavy atom. The summed E-state index contributed by atoms with van der Waals surface area (Å²) in [5.74, 6) is 0. The molecule has 0 spiro atoms. The van der Waals surface area contributed by atoms with E-state index in [0.717, 1.165) is 37.8 Å². The Bertz CT molecular complexity index is 351. The van der Waals surface area contributed by atoms with Crippen LogP contribution in [0.15, 0.2) is 9.98 Å². The SMILES string of the molecule is CCCCCC.N=C=O.N=C=O.O=C=NCCCCCCN=C=O. The zero-order valence-corrected chi connectivity index (χ0v) is 14.6. The van der Waals surface area contributed by atoms with Gasteiger partial charge in [0.15, 0.2) is 0 Å². The summed E-state index contributed by atoms with van der Waals surface area (Å²) in [6, 6.07) is 0. The summed E-state index contributed by atoms with van der Waals surface area (Å²) in [5, 5.41) is 10.8. The van der Waals surface area contributed by atoms with Gasteiger partial charge in [-0.3, -0.25) is 0 Å². The van der Waals surface area contributed by atoms with Gasteiger partial charge >= 0.3 is 0 Å². The third kappa shape index (κ3) is 73.9. The molecular formula is C16H28N4O4. The van der Waals surface area contributed by atoms with Crippen LogP contribution in [0.3, 0.4) is 0 Å². The number of nitrogens with one attached hydrogen (secondary N) is 2. The average Bonchev–Trinajstić information content (AvgIpc) is 2.57. The lowest BCUT2D eigenvalue weighted by molar-refractivity contribution is 0.558. The number of hydrogen-bond donors (Lipinski definition) is 2. The predicted molar refractivity (Wildman–Crippen MR) is 91.1 cm³/mol. The number of isocyanates is 4. The third-order valence-electron chi connectivity index (χ3n) is 2.38. The molecule has 24 heavy (non-hydrogen) atoms. The van der Waals surface area contributed by atoms with Crippen molar-refractivity contribution >= 4 is 24.3 Å². The van der Waals surface area contributed by atoms with Crippen LogP contribution in [0.2, 0.25) is 0 Å². The standard InChI is InChI=1S/C8H12N2O2.C6H14.2CHNO/c11-7-9-5-3-1-2-4-6-10-8-12;1-3-5-6-4-2;2*2-1-3/h1-6H2;3-6H2,1-2H3;2*2H. The van der Waals surface area contributed by atoms with Gasteiger partial charge in [-0.15, -0.1) is 0 Å². The van der Waals surface area contributed by atoms with E-state index in [0.29, 0.717) is 13.1 Å². The van der Waals surface area contributed by atoms with E-state index in [1.807, 2.05) is 0 Å². The van der Waals surface area contributed by atoms with Gasteiger partial charge in [0.25, 0.3) is 0 Å². The van der Waals surface area contributed by atoms with Gasteiger partial charge in [0, 0.05) is 0 Å². The fourth-order valence-corrected chi connectivity index (χ4v) is 1.33. The zero-order chi connectivity index (χ0) is 19.3. The van der Waals surface area contributed by atoms with Crippen LogP contribution in [0.25, 0.3) is 0 Å². The molecule has 0 saturated carbocycles. The normalized spacial score (nSPS) is 7.08. The molecule has 0 aromatic rings. The maximum Gasteiger partial charge on any atom is 0.234 e. The van der Waals surface area contributed by atoms with Crippen molar-refractivity contribution < 1.29 is 19.2 Å². The van der Waals surface area contributed by atoms with E-state index in [2.05, 4.69) is 23.8 Å². The van der Waals surface area contributed by atoms with Crippen LogP contribution < -0.4 is 0 Å². The minimum absolute atomic E-state index is 0.556. The molecule has 0 heterocycles. The molecule has 0 saturated heterocycles. The molecule has 8 nitrogen and oxygen atoms in total. The maximum atomic E-state index is 9.63. The van der Waals surface area contributed by atoms with E-state index >= 15 is 0 Å². The molecule has 0 aromatic carbocycles.